The maximum absolute atomic E-state index is 5.47. The monoisotopic (exact) mass is 201 g/mol. The maximum atomic E-state index is 5.47. The molecular weight excluding hydrogens is 186 g/mol. The molecule has 0 unspecified atom stereocenters. The fourth-order valence-electron chi connectivity index (χ4n) is 1.78. The first-order valence-corrected chi connectivity index (χ1v) is 5.12. The van der Waals surface area contributed by atoms with Crippen molar-refractivity contribution in [2.24, 2.45) is 5.84 Å². The second-order valence-electron chi connectivity index (χ2n) is 3.63. The van der Waals surface area contributed by atoms with E-state index in [1.165, 1.54) is 5.56 Å². The highest BCUT2D eigenvalue weighted by molar-refractivity contribution is 5.85. The Morgan fingerprint density at radius 1 is 1.40 bits per heavy atom. The molecule has 0 aliphatic heterocycles. The second kappa shape index (κ2) is 3.87. The van der Waals surface area contributed by atoms with Gasteiger partial charge in [-0.05, 0) is 25.0 Å². The zero-order valence-corrected chi connectivity index (χ0v) is 9.04. The minimum Gasteiger partial charge on any atom is -0.322 e. The summed E-state index contributed by atoms with van der Waals surface area (Å²) in [6, 6.07) is 8.21. The van der Waals surface area contributed by atoms with Crippen molar-refractivity contribution in [1.29, 1.82) is 0 Å². The Hall–Kier alpha value is -1.61. The molecule has 3 nitrogen and oxygen atoms in total. The average molecular weight is 201 g/mol. The summed E-state index contributed by atoms with van der Waals surface area (Å²) in [5.41, 5.74) is 6.88. The second-order valence-corrected chi connectivity index (χ2v) is 3.63. The zero-order chi connectivity index (χ0) is 10.8. The van der Waals surface area contributed by atoms with Crippen molar-refractivity contribution in [2.45, 2.75) is 20.3 Å². The number of anilines is 1. The molecule has 0 bridgehead atoms. The van der Waals surface area contributed by atoms with E-state index >= 15 is 0 Å². The lowest BCUT2D eigenvalue weighted by Crippen LogP contribution is -2.10. The molecule has 0 fully saturated rings. The van der Waals surface area contributed by atoms with Crippen LogP contribution in [0.25, 0.3) is 10.9 Å². The lowest BCUT2D eigenvalue weighted by molar-refractivity contribution is 1.05. The Bertz CT molecular complexity index is 491. The number of benzene rings is 1. The summed E-state index contributed by atoms with van der Waals surface area (Å²) in [4.78, 5) is 4.62. The Morgan fingerprint density at radius 3 is 2.87 bits per heavy atom. The molecule has 2 aromatic rings. The average Bonchev–Trinajstić information content (AvgIpc) is 2.28. The van der Waals surface area contributed by atoms with Gasteiger partial charge in [0.1, 0.15) is 0 Å². The molecule has 0 atom stereocenters. The van der Waals surface area contributed by atoms with Gasteiger partial charge in [0.2, 0.25) is 0 Å². The van der Waals surface area contributed by atoms with E-state index in [1.807, 2.05) is 12.1 Å². The highest BCUT2D eigenvalue weighted by atomic mass is 15.2. The number of hydrazine groups is 1. The molecule has 1 aromatic carbocycles. The topological polar surface area (TPSA) is 50.9 Å². The Balaban J connectivity index is 2.75. The summed E-state index contributed by atoms with van der Waals surface area (Å²) in [5, 5.41) is 1.13. The van der Waals surface area contributed by atoms with Gasteiger partial charge in [0.25, 0.3) is 0 Å². The Morgan fingerprint density at radius 2 is 2.20 bits per heavy atom. The fourth-order valence-corrected chi connectivity index (χ4v) is 1.78. The van der Waals surface area contributed by atoms with E-state index in [0.717, 1.165) is 28.7 Å². The van der Waals surface area contributed by atoms with Gasteiger partial charge in [-0.2, -0.15) is 0 Å². The highest BCUT2D eigenvalue weighted by Crippen LogP contribution is 2.22. The number of nitrogen functional groups attached to an aromatic ring is 1. The smallest absolute Gasteiger partial charge is 0.0736 e. The molecule has 3 heteroatoms. The largest absolute Gasteiger partial charge is 0.322 e. The van der Waals surface area contributed by atoms with Crippen LogP contribution in [0, 0.1) is 6.92 Å². The molecule has 0 aliphatic carbocycles. The Labute approximate surface area is 89.3 Å². The van der Waals surface area contributed by atoms with Crippen LogP contribution in [0.4, 0.5) is 5.69 Å². The van der Waals surface area contributed by atoms with Crippen LogP contribution in [0.1, 0.15) is 18.2 Å². The molecule has 15 heavy (non-hydrogen) atoms. The summed E-state index contributed by atoms with van der Waals surface area (Å²) in [6.45, 7) is 4.15. The van der Waals surface area contributed by atoms with Gasteiger partial charge in [0.05, 0.1) is 16.9 Å². The Kier molecular flexibility index (Phi) is 2.56. The van der Waals surface area contributed by atoms with E-state index < -0.39 is 0 Å². The summed E-state index contributed by atoms with van der Waals surface area (Å²) >= 11 is 0. The summed E-state index contributed by atoms with van der Waals surface area (Å²) in [6.07, 6.45) is 0.879. The third-order valence-electron chi connectivity index (χ3n) is 2.62. The zero-order valence-electron chi connectivity index (χ0n) is 9.04. The van der Waals surface area contributed by atoms with Crippen LogP contribution in [0.2, 0.25) is 0 Å². The van der Waals surface area contributed by atoms with Gasteiger partial charge in [-0.25, -0.2) is 0 Å². The molecule has 0 radical (unpaired) electrons. The first-order chi connectivity index (χ1) is 7.26. The van der Waals surface area contributed by atoms with Crippen LogP contribution in [0.15, 0.2) is 24.3 Å². The van der Waals surface area contributed by atoms with Crippen LogP contribution in [0.3, 0.4) is 0 Å². The number of aryl methyl sites for hydroxylation is 2. The quantitative estimate of drug-likeness (QED) is 0.579. The van der Waals surface area contributed by atoms with Gasteiger partial charge in [0.15, 0.2) is 0 Å². The molecule has 3 N–H and O–H groups in total. The predicted molar refractivity (Wildman–Crippen MR) is 63.7 cm³/mol. The minimum absolute atomic E-state index is 0.879. The van der Waals surface area contributed by atoms with Gasteiger partial charge in [0, 0.05) is 5.39 Å². The van der Waals surface area contributed by atoms with Crippen molar-refractivity contribution in [3.05, 3.63) is 35.5 Å². The van der Waals surface area contributed by atoms with Crippen molar-refractivity contribution in [1.82, 2.24) is 4.98 Å². The number of hydrogen-bond acceptors (Lipinski definition) is 3. The van der Waals surface area contributed by atoms with Gasteiger partial charge < -0.3 is 5.43 Å². The van der Waals surface area contributed by atoms with Crippen molar-refractivity contribution in [3.63, 3.8) is 0 Å². The molecule has 0 aliphatic rings. The number of fused-ring (bicyclic) bond motifs is 1. The molecule has 1 aromatic heterocycles. The molecule has 78 valence electrons. The predicted octanol–water partition coefficient (Wildman–Crippen LogP) is 2.39. The SMILES string of the molecule is CCc1nc2c(C)cccc2cc1NN. The van der Waals surface area contributed by atoms with E-state index in [0.29, 0.717) is 0 Å². The van der Waals surface area contributed by atoms with Gasteiger partial charge in [-0.3, -0.25) is 10.8 Å². The van der Waals surface area contributed by atoms with Crippen molar-refractivity contribution in [2.75, 3.05) is 5.43 Å². The summed E-state index contributed by atoms with van der Waals surface area (Å²) < 4.78 is 0. The summed E-state index contributed by atoms with van der Waals surface area (Å²) in [7, 11) is 0. The number of para-hydroxylation sites is 1. The van der Waals surface area contributed by atoms with Gasteiger partial charge in [-0.15, -0.1) is 0 Å². The van der Waals surface area contributed by atoms with Crippen LogP contribution in [-0.2, 0) is 6.42 Å². The standard InChI is InChI=1S/C12H15N3/c1-3-10-11(15-13)7-9-6-4-5-8(2)12(9)14-10/h4-7,15H,3,13H2,1-2H3. The molecule has 0 spiro atoms. The third-order valence-corrected chi connectivity index (χ3v) is 2.62. The van der Waals surface area contributed by atoms with Crippen molar-refractivity contribution in [3.8, 4) is 0 Å². The fraction of sp³-hybridized carbons (Fsp3) is 0.250. The number of nitrogens with two attached hydrogens (primary N) is 1. The van der Waals surface area contributed by atoms with Crippen molar-refractivity contribution >= 4 is 16.6 Å². The molecule has 0 amide bonds. The number of aromatic nitrogens is 1. The first kappa shape index (κ1) is 9.93. The van der Waals surface area contributed by atoms with Crippen molar-refractivity contribution < 1.29 is 0 Å². The van der Waals surface area contributed by atoms with Gasteiger partial charge in [-0.1, -0.05) is 25.1 Å². The summed E-state index contributed by atoms with van der Waals surface area (Å²) in [5.74, 6) is 5.47. The highest BCUT2D eigenvalue weighted by Gasteiger charge is 2.05. The number of pyridine rings is 1. The number of hydrogen-bond donors (Lipinski definition) is 2. The minimum atomic E-state index is 0.879. The van der Waals surface area contributed by atoms with E-state index in [1.54, 1.807) is 0 Å². The molecule has 2 rings (SSSR count). The third kappa shape index (κ3) is 1.66. The number of nitrogens with zero attached hydrogens (tertiary/aromatic N) is 1. The van der Waals surface area contributed by atoms with E-state index in [4.69, 9.17) is 5.84 Å². The molecule has 0 saturated heterocycles. The van der Waals surface area contributed by atoms with Crippen LogP contribution < -0.4 is 11.3 Å². The van der Waals surface area contributed by atoms with E-state index in [-0.39, 0.29) is 0 Å². The molecule has 1 heterocycles. The number of nitrogens with one attached hydrogen (secondary N) is 1. The molecular formula is C12H15N3. The maximum Gasteiger partial charge on any atom is 0.0736 e. The molecule has 0 saturated carbocycles. The normalized spacial score (nSPS) is 10.6. The lowest BCUT2D eigenvalue weighted by Gasteiger charge is -2.09. The first-order valence-electron chi connectivity index (χ1n) is 5.12. The lowest BCUT2D eigenvalue weighted by atomic mass is 10.1. The van der Waals surface area contributed by atoms with Gasteiger partial charge >= 0.3 is 0 Å². The van der Waals surface area contributed by atoms with E-state index in [2.05, 4.69) is 36.4 Å². The number of rotatable bonds is 2. The van der Waals surface area contributed by atoms with Crippen LogP contribution in [-0.4, -0.2) is 4.98 Å². The van der Waals surface area contributed by atoms with E-state index in [9.17, 15) is 0 Å². The van der Waals surface area contributed by atoms with Crippen LogP contribution >= 0.6 is 0 Å². The van der Waals surface area contributed by atoms with Crippen LogP contribution in [0.5, 0.6) is 0 Å².